The van der Waals surface area contributed by atoms with Crippen molar-refractivity contribution < 1.29 is 19.0 Å². The number of hydrogen-bond acceptors (Lipinski definition) is 3. The summed E-state index contributed by atoms with van der Waals surface area (Å²) in [6, 6.07) is 11.5. The minimum absolute atomic E-state index is 0.260. The van der Waals surface area contributed by atoms with Crippen LogP contribution in [-0.4, -0.2) is 11.7 Å². The van der Waals surface area contributed by atoms with Gasteiger partial charge in [-0.15, -0.1) is 0 Å². The van der Waals surface area contributed by atoms with Crippen molar-refractivity contribution in [1.29, 1.82) is 0 Å². The summed E-state index contributed by atoms with van der Waals surface area (Å²) >= 11 is 0. The van der Waals surface area contributed by atoms with Crippen molar-refractivity contribution >= 4 is 0 Å². The quantitative estimate of drug-likeness (QED) is 0.922. The van der Waals surface area contributed by atoms with Gasteiger partial charge in [-0.25, -0.2) is 4.39 Å². The van der Waals surface area contributed by atoms with Gasteiger partial charge in [0.1, 0.15) is 36.6 Å². The molecule has 2 aromatic carbocycles. The smallest absolute Gasteiger partial charge is 0.129 e. The second kappa shape index (κ2) is 4.90. The Bertz CT molecular complexity index is 580. The summed E-state index contributed by atoms with van der Waals surface area (Å²) in [6.07, 6.45) is -0.554. The molecule has 0 radical (unpaired) electrons. The molecule has 1 aliphatic heterocycles. The molecular weight excluding hydrogens is 247 g/mol. The molecule has 1 heterocycles. The van der Waals surface area contributed by atoms with Crippen molar-refractivity contribution in [3.63, 3.8) is 0 Å². The van der Waals surface area contributed by atoms with E-state index in [4.69, 9.17) is 9.47 Å². The Morgan fingerprint density at radius 3 is 2.79 bits per heavy atom. The monoisotopic (exact) mass is 260 g/mol. The fourth-order valence-electron chi connectivity index (χ4n) is 2.01. The average Bonchev–Trinajstić information content (AvgIpc) is 2.79. The molecule has 1 atom stereocenters. The van der Waals surface area contributed by atoms with Gasteiger partial charge in [0.05, 0.1) is 0 Å². The number of hydrogen-bond donors (Lipinski definition) is 1. The zero-order chi connectivity index (χ0) is 13.2. The van der Waals surface area contributed by atoms with Gasteiger partial charge in [0.25, 0.3) is 0 Å². The highest BCUT2D eigenvalue weighted by Gasteiger charge is 2.21. The van der Waals surface area contributed by atoms with Crippen molar-refractivity contribution in [3.8, 4) is 11.5 Å². The van der Waals surface area contributed by atoms with Crippen LogP contribution in [0.15, 0.2) is 42.5 Å². The highest BCUT2D eigenvalue weighted by atomic mass is 19.1. The molecule has 4 heteroatoms. The molecule has 3 rings (SSSR count). The standard InChI is InChI=1S/C15H13FO3/c16-11-3-1-10(2-4-11)8-18-12-5-6-13-14(17)9-19-15(13)7-12/h1-7,14,17H,8-9H2. The van der Waals surface area contributed by atoms with Crippen LogP contribution in [0.1, 0.15) is 17.2 Å². The van der Waals surface area contributed by atoms with E-state index in [9.17, 15) is 9.50 Å². The van der Waals surface area contributed by atoms with E-state index in [1.54, 1.807) is 30.3 Å². The van der Waals surface area contributed by atoms with E-state index in [1.165, 1.54) is 12.1 Å². The molecule has 0 spiro atoms. The van der Waals surface area contributed by atoms with E-state index in [-0.39, 0.29) is 12.4 Å². The lowest BCUT2D eigenvalue weighted by molar-refractivity contribution is 0.140. The molecule has 19 heavy (non-hydrogen) atoms. The summed E-state index contributed by atoms with van der Waals surface area (Å²) in [5.41, 5.74) is 1.68. The Labute approximate surface area is 110 Å². The Kier molecular flexibility index (Phi) is 3.09. The number of ether oxygens (including phenoxy) is 2. The van der Waals surface area contributed by atoms with Gasteiger partial charge in [-0.1, -0.05) is 12.1 Å². The number of halogens is 1. The average molecular weight is 260 g/mol. The third-order valence-corrected chi connectivity index (χ3v) is 3.06. The molecule has 3 nitrogen and oxygen atoms in total. The molecule has 1 unspecified atom stereocenters. The number of rotatable bonds is 3. The summed E-state index contributed by atoms with van der Waals surface area (Å²) in [5.74, 6) is 1.06. The maximum Gasteiger partial charge on any atom is 0.129 e. The van der Waals surface area contributed by atoms with Crippen LogP contribution in [0.2, 0.25) is 0 Å². The van der Waals surface area contributed by atoms with Crippen molar-refractivity contribution in [1.82, 2.24) is 0 Å². The van der Waals surface area contributed by atoms with Gasteiger partial charge in [-0.3, -0.25) is 0 Å². The third kappa shape index (κ3) is 2.53. The minimum atomic E-state index is -0.554. The van der Waals surface area contributed by atoms with Crippen LogP contribution in [0.3, 0.4) is 0 Å². The summed E-state index contributed by atoms with van der Waals surface area (Å²) < 4.78 is 23.7. The number of benzene rings is 2. The molecule has 0 amide bonds. The van der Waals surface area contributed by atoms with E-state index in [2.05, 4.69) is 0 Å². The first-order valence-corrected chi connectivity index (χ1v) is 6.04. The molecule has 0 saturated carbocycles. The largest absolute Gasteiger partial charge is 0.490 e. The van der Waals surface area contributed by atoms with Crippen LogP contribution in [0.4, 0.5) is 4.39 Å². The maximum atomic E-state index is 12.8. The molecule has 0 fully saturated rings. The molecule has 0 bridgehead atoms. The molecule has 0 saturated heterocycles. The molecule has 1 aliphatic rings. The number of aliphatic hydroxyl groups excluding tert-OH is 1. The third-order valence-electron chi connectivity index (χ3n) is 3.06. The van der Waals surface area contributed by atoms with Crippen LogP contribution in [-0.2, 0) is 6.61 Å². The lowest BCUT2D eigenvalue weighted by Crippen LogP contribution is -1.97. The first-order valence-electron chi connectivity index (χ1n) is 6.04. The molecule has 1 N–H and O–H groups in total. The minimum Gasteiger partial charge on any atom is -0.490 e. The van der Waals surface area contributed by atoms with Crippen LogP contribution < -0.4 is 9.47 Å². The van der Waals surface area contributed by atoms with Crippen LogP contribution >= 0.6 is 0 Å². The second-order valence-corrected chi connectivity index (χ2v) is 4.44. The highest BCUT2D eigenvalue weighted by molar-refractivity contribution is 5.44. The fourth-order valence-corrected chi connectivity index (χ4v) is 2.01. The van der Waals surface area contributed by atoms with E-state index < -0.39 is 6.10 Å². The molecule has 0 aromatic heterocycles. The zero-order valence-corrected chi connectivity index (χ0v) is 10.2. The zero-order valence-electron chi connectivity index (χ0n) is 10.2. The Hall–Kier alpha value is -2.07. The predicted molar refractivity (Wildman–Crippen MR) is 67.6 cm³/mol. The predicted octanol–water partition coefficient (Wildman–Crippen LogP) is 2.83. The number of fused-ring (bicyclic) bond motifs is 1. The van der Waals surface area contributed by atoms with E-state index in [1.807, 2.05) is 0 Å². The van der Waals surface area contributed by atoms with Gasteiger partial charge in [-0.05, 0) is 29.8 Å². The van der Waals surface area contributed by atoms with Gasteiger partial charge in [0.15, 0.2) is 0 Å². The number of aliphatic hydroxyl groups is 1. The molecule has 0 aliphatic carbocycles. The van der Waals surface area contributed by atoms with Crippen molar-refractivity contribution in [2.45, 2.75) is 12.7 Å². The van der Waals surface area contributed by atoms with Crippen molar-refractivity contribution in [2.75, 3.05) is 6.61 Å². The maximum absolute atomic E-state index is 12.8. The van der Waals surface area contributed by atoms with E-state index >= 15 is 0 Å². The summed E-state index contributed by atoms with van der Waals surface area (Å²) in [7, 11) is 0. The van der Waals surface area contributed by atoms with Crippen LogP contribution in [0, 0.1) is 5.82 Å². The summed E-state index contributed by atoms with van der Waals surface area (Å²) in [6.45, 7) is 0.651. The Morgan fingerprint density at radius 1 is 1.21 bits per heavy atom. The van der Waals surface area contributed by atoms with Crippen LogP contribution in [0.25, 0.3) is 0 Å². The second-order valence-electron chi connectivity index (χ2n) is 4.44. The lowest BCUT2D eigenvalue weighted by Gasteiger charge is -2.08. The molecular formula is C15H13FO3. The van der Waals surface area contributed by atoms with Gasteiger partial charge in [0, 0.05) is 11.6 Å². The van der Waals surface area contributed by atoms with Gasteiger partial charge >= 0.3 is 0 Å². The van der Waals surface area contributed by atoms with E-state index in [0.717, 1.165) is 11.1 Å². The Balaban J connectivity index is 1.69. The van der Waals surface area contributed by atoms with Crippen LogP contribution in [0.5, 0.6) is 11.5 Å². The molecule has 98 valence electrons. The summed E-state index contributed by atoms with van der Waals surface area (Å²) in [5, 5.41) is 9.60. The van der Waals surface area contributed by atoms with Crippen molar-refractivity contribution in [2.24, 2.45) is 0 Å². The first kappa shape index (κ1) is 12.0. The van der Waals surface area contributed by atoms with Crippen molar-refractivity contribution in [3.05, 3.63) is 59.4 Å². The SMILES string of the molecule is OC1COc2cc(OCc3ccc(F)cc3)ccc21. The highest BCUT2D eigenvalue weighted by Crippen LogP contribution is 2.35. The molecule has 2 aromatic rings. The topological polar surface area (TPSA) is 38.7 Å². The Morgan fingerprint density at radius 2 is 2.00 bits per heavy atom. The lowest BCUT2D eigenvalue weighted by atomic mass is 10.1. The summed E-state index contributed by atoms with van der Waals surface area (Å²) in [4.78, 5) is 0. The first-order chi connectivity index (χ1) is 9.22. The van der Waals surface area contributed by atoms with Gasteiger partial charge < -0.3 is 14.6 Å². The fraction of sp³-hybridized carbons (Fsp3) is 0.200. The van der Waals surface area contributed by atoms with Gasteiger partial charge in [0.2, 0.25) is 0 Å². The normalized spacial score (nSPS) is 16.8. The van der Waals surface area contributed by atoms with E-state index in [0.29, 0.717) is 18.1 Å². The van der Waals surface area contributed by atoms with Gasteiger partial charge in [-0.2, -0.15) is 0 Å².